The number of carbonyl (C=O) groups is 2. The molecule has 0 aliphatic carbocycles. The van der Waals surface area contributed by atoms with Crippen molar-refractivity contribution in [3.63, 3.8) is 0 Å². The molecule has 1 atom stereocenters. The number of allylic oxidation sites excluding steroid dienone is 1. The lowest BCUT2D eigenvalue weighted by Gasteiger charge is -2.30. The predicted octanol–water partition coefficient (Wildman–Crippen LogP) is 6.89. The van der Waals surface area contributed by atoms with E-state index in [1.54, 1.807) is 25.1 Å². The smallest absolute Gasteiger partial charge is 0.261 e. The summed E-state index contributed by atoms with van der Waals surface area (Å²) < 4.78 is 17.5. The molecule has 0 saturated heterocycles. The predicted molar refractivity (Wildman–Crippen MR) is 154 cm³/mol. The molecule has 2 amide bonds. The Labute approximate surface area is 234 Å². The maximum atomic E-state index is 15.3. The number of hydrogen-bond acceptors (Lipinski definition) is 4. The normalized spacial score (nSPS) is 14.5. The molecular formula is C30H27BrFN5O2. The van der Waals surface area contributed by atoms with Crippen molar-refractivity contribution in [3.8, 4) is 0 Å². The second-order valence-corrected chi connectivity index (χ2v) is 10.6. The number of amides is 2. The van der Waals surface area contributed by atoms with Crippen LogP contribution in [0.25, 0.3) is 0 Å². The molecule has 4 aromatic rings. The molecule has 3 aromatic carbocycles. The van der Waals surface area contributed by atoms with Gasteiger partial charge in [0.1, 0.15) is 23.2 Å². The number of aryl methyl sites for hydroxylation is 3. The standard InChI is InChI=1S/C30H27BrFN5O2/c1-16-6-5-7-21(13-16)35-29(38)23-15-33-37-27(22-14-20(31)9-10-24(22)32)26(19(4)34-28(23)37)30(39)36-25-11-8-17(2)12-18(25)3/h5-15,27,34H,1-4H3,(H,35,38)(H,36,39)/t27-/m0/s1. The van der Waals surface area contributed by atoms with Crippen molar-refractivity contribution in [1.82, 2.24) is 9.78 Å². The van der Waals surface area contributed by atoms with Crippen molar-refractivity contribution in [3.05, 3.63) is 116 Å². The first kappa shape index (κ1) is 26.4. The number of hydrogen-bond donors (Lipinski definition) is 3. The molecule has 39 heavy (non-hydrogen) atoms. The largest absolute Gasteiger partial charge is 0.343 e. The van der Waals surface area contributed by atoms with Gasteiger partial charge in [0, 0.05) is 27.1 Å². The SMILES string of the molecule is CC1=C(C(=O)Nc2ccc(C)cc2C)[C@H](c2cc(Br)ccc2F)n2ncc(C(=O)Nc3cccc(C)c3)c2N1. The Morgan fingerprint density at radius 2 is 1.72 bits per heavy atom. The highest BCUT2D eigenvalue weighted by atomic mass is 79.9. The number of benzene rings is 3. The highest BCUT2D eigenvalue weighted by Crippen LogP contribution is 2.39. The Morgan fingerprint density at radius 1 is 0.949 bits per heavy atom. The molecular weight excluding hydrogens is 561 g/mol. The van der Waals surface area contributed by atoms with Crippen LogP contribution in [0, 0.1) is 26.6 Å². The first-order valence-corrected chi connectivity index (χ1v) is 13.2. The van der Waals surface area contributed by atoms with Gasteiger partial charge in [-0.1, -0.05) is 45.8 Å². The zero-order valence-electron chi connectivity index (χ0n) is 21.9. The van der Waals surface area contributed by atoms with Gasteiger partial charge < -0.3 is 16.0 Å². The van der Waals surface area contributed by atoms with Crippen molar-refractivity contribution >= 4 is 44.9 Å². The van der Waals surface area contributed by atoms with E-state index in [2.05, 4.69) is 37.0 Å². The Hall–Kier alpha value is -4.24. The Bertz CT molecular complexity index is 1660. The van der Waals surface area contributed by atoms with Crippen LogP contribution < -0.4 is 16.0 Å². The summed E-state index contributed by atoms with van der Waals surface area (Å²) in [5.74, 6) is -0.908. The highest BCUT2D eigenvalue weighted by molar-refractivity contribution is 9.10. The summed E-state index contributed by atoms with van der Waals surface area (Å²) in [4.78, 5) is 27.0. The quantitative estimate of drug-likeness (QED) is 0.237. The van der Waals surface area contributed by atoms with Crippen LogP contribution in [0.4, 0.5) is 21.6 Å². The molecule has 0 saturated carbocycles. The van der Waals surface area contributed by atoms with Gasteiger partial charge in [-0.15, -0.1) is 0 Å². The van der Waals surface area contributed by atoms with E-state index in [-0.39, 0.29) is 22.6 Å². The highest BCUT2D eigenvalue weighted by Gasteiger charge is 2.37. The number of aromatic nitrogens is 2. The summed E-state index contributed by atoms with van der Waals surface area (Å²) in [7, 11) is 0. The number of nitrogens with zero attached hydrogens (tertiary/aromatic N) is 2. The van der Waals surface area contributed by atoms with Gasteiger partial charge >= 0.3 is 0 Å². The van der Waals surface area contributed by atoms with Gasteiger partial charge in [-0.25, -0.2) is 9.07 Å². The summed E-state index contributed by atoms with van der Waals surface area (Å²) in [5, 5.41) is 13.5. The molecule has 9 heteroatoms. The Balaban J connectivity index is 1.58. The third kappa shape index (κ3) is 5.22. The molecule has 7 nitrogen and oxygen atoms in total. The molecule has 0 radical (unpaired) electrons. The van der Waals surface area contributed by atoms with Gasteiger partial charge in [0.05, 0.1) is 11.8 Å². The average Bonchev–Trinajstić information content (AvgIpc) is 3.30. The summed E-state index contributed by atoms with van der Waals surface area (Å²) >= 11 is 3.42. The fourth-order valence-electron chi connectivity index (χ4n) is 4.79. The second-order valence-electron chi connectivity index (χ2n) is 9.68. The number of fused-ring (bicyclic) bond motifs is 1. The van der Waals surface area contributed by atoms with Crippen molar-refractivity contribution in [2.75, 3.05) is 16.0 Å². The molecule has 0 unspecified atom stereocenters. The minimum atomic E-state index is -0.926. The van der Waals surface area contributed by atoms with Crippen LogP contribution in [-0.4, -0.2) is 21.6 Å². The van der Waals surface area contributed by atoms with E-state index in [1.165, 1.54) is 16.9 Å². The topological polar surface area (TPSA) is 88.0 Å². The number of nitrogens with one attached hydrogen (secondary N) is 3. The molecule has 0 bridgehead atoms. The minimum absolute atomic E-state index is 0.242. The van der Waals surface area contributed by atoms with E-state index in [9.17, 15) is 9.59 Å². The van der Waals surface area contributed by atoms with E-state index in [0.29, 0.717) is 27.4 Å². The van der Waals surface area contributed by atoms with E-state index >= 15 is 4.39 Å². The lowest BCUT2D eigenvalue weighted by atomic mass is 9.94. The zero-order valence-corrected chi connectivity index (χ0v) is 23.5. The van der Waals surface area contributed by atoms with Gasteiger partial charge in [0.2, 0.25) is 0 Å². The summed E-state index contributed by atoms with van der Waals surface area (Å²) in [6.07, 6.45) is 1.43. The van der Waals surface area contributed by atoms with E-state index in [1.807, 2.05) is 57.2 Å². The van der Waals surface area contributed by atoms with Crippen molar-refractivity contribution in [1.29, 1.82) is 0 Å². The van der Waals surface area contributed by atoms with Gasteiger partial charge in [0.15, 0.2) is 0 Å². The van der Waals surface area contributed by atoms with Gasteiger partial charge in [-0.05, 0) is 75.2 Å². The first-order valence-electron chi connectivity index (χ1n) is 12.4. The van der Waals surface area contributed by atoms with Crippen LogP contribution in [0.5, 0.6) is 0 Å². The molecule has 1 aromatic heterocycles. The van der Waals surface area contributed by atoms with Crippen LogP contribution in [0.2, 0.25) is 0 Å². The Kier molecular flexibility index (Phi) is 7.10. The summed E-state index contributed by atoms with van der Waals surface area (Å²) in [6, 6.07) is 16.8. The molecule has 2 heterocycles. The van der Waals surface area contributed by atoms with Crippen LogP contribution >= 0.6 is 15.9 Å². The number of rotatable bonds is 5. The van der Waals surface area contributed by atoms with Crippen LogP contribution in [-0.2, 0) is 4.79 Å². The lowest BCUT2D eigenvalue weighted by Crippen LogP contribution is -2.32. The number of halogens is 2. The third-order valence-electron chi connectivity index (χ3n) is 6.67. The molecule has 1 aliphatic rings. The molecule has 3 N–H and O–H groups in total. The van der Waals surface area contributed by atoms with Crippen molar-refractivity contribution in [2.45, 2.75) is 33.7 Å². The zero-order chi connectivity index (χ0) is 27.8. The molecule has 1 aliphatic heterocycles. The third-order valence-corrected chi connectivity index (χ3v) is 7.16. The summed E-state index contributed by atoms with van der Waals surface area (Å²) in [6.45, 7) is 7.57. The van der Waals surface area contributed by atoms with Gasteiger partial charge in [0.25, 0.3) is 11.8 Å². The van der Waals surface area contributed by atoms with Crippen LogP contribution in [0.3, 0.4) is 0 Å². The summed E-state index contributed by atoms with van der Waals surface area (Å²) in [5.41, 5.74) is 5.57. The van der Waals surface area contributed by atoms with Gasteiger partial charge in [-0.2, -0.15) is 5.10 Å². The van der Waals surface area contributed by atoms with Crippen molar-refractivity contribution in [2.24, 2.45) is 0 Å². The molecule has 0 spiro atoms. The van der Waals surface area contributed by atoms with E-state index in [0.717, 1.165) is 16.7 Å². The number of carbonyl (C=O) groups excluding carboxylic acids is 2. The average molecular weight is 588 g/mol. The van der Waals surface area contributed by atoms with Crippen molar-refractivity contribution < 1.29 is 14.0 Å². The second kappa shape index (κ2) is 10.5. The maximum absolute atomic E-state index is 15.3. The van der Waals surface area contributed by atoms with E-state index in [4.69, 9.17) is 0 Å². The minimum Gasteiger partial charge on any atom is -0.343 e. The Morgan fingerprint density at radius 3 is 2.46 bits per heavy atom. The number of anilines is 3. The van der Waals surface area contributed by atoms with Crippen LogP contribution in [0.15, 0.2) is 82.6 Å². The lowest BCUT2D eigenvalue weighted by molar-refractivity contribution is -0.113. The van der Waals surface area contributed by atoms with Gasteiger partial charge in [-0.3, -0.25) is 9.59 Å². The fourth-order valence-corrected chi connectivity index (χ4v) is 5.17. The molecule has 5 rings (SSSR count). The first-order chi connectivity index (χ1) is 18.6. The monoisotopic (exact) mass is 587 g/mol. The molecule has 0 fully saturated rings. The van der Waals surface area contributed by atoms with E-state index < -0.39 is 17.8 Å². The fraction of sp³-hybridized carbons (Fsp3) is 0.167. The molecule has 198 valence electrons. The van der Waals surface area contributed by atoms with Crippen LogP contribution in [0.1, 0.15) is 45.6 Å². The maximum Gasteiger partial charge on any atom is 0.261 e.